The highest BCUT2D eigenvalue weighted by Gasteiger charge is 2.03. The van der Waals surface area contributed by atoms with Crippen molar-refractivity contribution < 1.29 is 4.84 Å². The van der Waals surface area contributed by atoms with Crippen LogP contribution in [0.2, 0.25) is 0 Å². The SMILES string of the molecule is Cc1cc(C#N)cc(CON)c1C. The third kappa shape index (κ3) is 2.05. The van der Waals surface area contributed by atoms with Crippen molar-refractivity contribution in [2.45, 2.75) is 20.5 Å². The van der Waals surface area contributed by atoms with Crippen molar-refractivity contribution in [2.75, 3.05) is 0 Å². The van der Waals surface area contributed by atoms with Crippen molar-refractivity contribution in [1.29, 1.82) is 5.26 Å². The summed E-state index contributed by atoms with van der Waals surface area (Å²) < 4.78 is 0. The van der Waals surface area contributed by atoms with E-state index in [1.54, 1.807) is 6.07 Å². The van der Waals surface area contributed by atoms with Crippen LogP contribution in [0.15, 0.2) is 12.1 Å². The average molecular weight is 176 g/mol. The van der Waals surface area contributed by atoms with Gasteiger partial charge < -0.3 is 0 Å². The van der Waals surface area contributed by atoms with Crippen LogP contribution in [0.1, 0.15) is 22.3 Å². The fourth-order valence-corrected chi connectivity index (χ4v) is 1.24. The normalized spacial score (nSPS) is 9.69. The molecule has 3 nitrogen and oxygen atoms in total. The molecule has 2 N–H and O–H groups in total. The molecule has 1 aromatic rings. The van der Waals surface area contributed by atoms with Gasteiger partial charge in [-0.2, -0.15) is 5.26 Å². The van der Waals surface area contributed by atoms with E-state index in [1.807, 2.05) is 19.9 Å². The van der Waals surface area contributed by atoms with Gasteiger partial charge in [-0.05, 0) is 42.7 Å². The second-order valence-corrected chi connectivity index (χ2v) is 3.00. The van der Waals surface area contributed by atoms with Crippen LogP contribution in [0.25, 0.3) is 0 Å². The number of nitrogens with two attached hydrogens (primary N) is 1. The van der Waals surface area contributed by atoms with E-state index >= 15 is 0 Å². The molecule has 0 aliphatic heterocycles. The fourth-order valence-electron chi connectivity index (χ4n) is 1.24. The van der Waals surface area contributed by atoms with Crippen molar-refractivity contribution in [2.24, 2.45) is 5.90 Å². The maximum atomic E-state index is 8.72. The zero-order chi connectivity index (χ0) is 9.84. The Bertz CT molecular complexity index is 353. The second kappa shape index (κ2) is 4.04. The molecule has 0 aliphatic rings. The fraction of sp³-hybridized carbons (Fsp3) is 0.300. The van der Waals surface area contributed by atoms with Gasteiger partial charge in [-0.25, -0.2) is 5.90 Å². The van der Waals surface area contributed by atoms with Gasteiger partial charge in [0.25, 0.3) is 0 Å². The van der Waals surface area contributed by atoms with E-state index < -0.39 is 0 Å². The van der Waals surface area contributed by atoms with E-state index in [9.17, 15) is 0 Å². The summed E-state index contributed by atoms with van der Waals surface area (Å²) in [6.07, 6.45) is 0. The molecule has 1 rings (SSSR count). The van der Waals surface area contributed by atoms with Gasteiger partial charge in [0.15, 0.2) is 0 Å². The minimum absolute atomic E-state index is 0.349. The Kier molecular flexibility index (Phi) is 3.02. The van der Waals surface area contributed by atoms with Crippen molar-refractivity contribution in [1.82, 2.24) is 0 Å². The van der Waals surface area contributed by atoms with Gasteiger partial charge in [0.1, 0.15) is 0 Å². The average Bonchev–Trinajstić information content (AvgIpc) is 2.13. The Hall–Kier alpha value is -1.37. The first-order valence-corrected chi connectivity index (χ1v) is 4.01. The number of hydrogen-bond acceptors (Lipinski definition) is 3. The summed E-state index contributed by atoms with van der Waals surface area (Å²) in [5, 5.41) is 8.72. The number of hydrogen-bond donors (Lipinski definition) is 1. The summed E-state index contributed by atoms with van der Waals surface area (Å²) in [5.41, 5.74) is 3.84. The molecular formula is C10H12N2O. The molecule has 0 amide bonds. The number of nitrogens with zero attached hydrogens (tertiary/aromatic N) is 1. The van der Waals surface area contributed by atoms with Gasteiger partial charge >= 0.3 is 0 Å². The van der Waals surface area contributed by atoms with E-state index in [4.69, 9.17) is 11.2 Å². The predicted molar refractivity (Wildman–Crippen MR) is 49.6 cm³/mol. The Morgan fingerprint density at radius 3 is 2.69 bits per heavy atom. The van der Waals surface area contributed by atoms with Crippen LogP contribution < -0.4 is 5.90 Å². The van der Waals surface area contributed by atoms with Crippen molar-refractivity contribution >= 4 is 0 Å². The molecule has 0 bridgehead atoms. The number of rotatable bonds is 2. The van der Waals surface area contributed by atoms with Crippen molar-refractivity contribution in [3.8, 4) is 6.07 Å². The Balaban J connectivity index is 3.18. The van der Waals surface area contributed by atoms with E-state index in [1.165, 1.54) is 0 Å². The Morgan fingerprint density at radius 2 is 2.15 bits per heavy atom. The van der Waals surface area contributed by atoms with E-state index in [-0.39, 0.29) is 0 Å². The molecule has 0 saturated carbocycles. The van der Waals surface area contributed by atoms with Gasteiger partial charge in [0.2, 0.25) is 0 Å². The zero-order valence-electron chi connectivity index (χ0n) is 7.79. The monoisotopic (exact) mass is 176 g/mol. The largest absolute Gasteiger partial charge is 0.300 e. The number of benzene rings is 1. The lowest BCUT2D eigenvalue weighted by atomic mass is 10.0. The van der Waals surface area contributed by atoms with Gasteiger partial charge in [-0.15, -0.1) is 0 Å². The first kappa shape index (κ1) is 9.72. The van der Waals surface area contributed by atoms with E-state index in [0.717, 1.165) is 16.7 Å². The number of aryl methyl sites for hydroxylation is 1. The zero-order valence-corrected chi connectivity index (χ0v) is 7.79. The molecular weight excluding hydrogens is 164 g/mol. The van der Waals surface area contributed by atoms with Gasteiger partial charge in [-0.3, -0.25) is 4.84 Å². The molecule has 1 aromatic carbocycles. The lowest BCUT2D eigenvalue weighted by molar-refractivity contribution is 0.123. The van der Waals surface area contributed by atoms with Gasteiger partial charge in [0.05, 0.1) is 18.2 Å². The standard InChI is InChI=1S/C10H12N2O/c1-7-3-9(5-11)4-10(6-13-12)8(7)2/h3-4H,6,12H2,1-2H3. The minimum Gasteiger partial charge on any atom is -0.300 e. The minimum atomic E-state index is 0.349. The first-order chi connectivity index (χ1) is 6.19. The maximum Gasteiger partial charge on any atom is 0.0991 e. The maximum absolute atomic E-state index is 8.72. The number of nitriles is 1. The van der Waals surface area contributed by atoms with Crippen LogP contribution in [0.5, 0.6) is 0 Å². The molecule has 0 saturated heterocycles. The van der Waals surface area contributed by atoms with Crippen LogP contribution in [0.3, 0.4) is 0 Å². The summed E-state index contributed by atoms with van der Waals surface area (Å²) in [4.78, 5) is 4.55. The van der Waals surface area contributed by atoms with Crippen LogP contribution in [-0.2, 0) is 11.4 Å². The highest BCUT2D eigenvalue weighted by molar-refractivity contribution is 5.42. The van der Waals surface area contributed by atoms with Crippen LogP contribution >= 0.6 is 0 Å². The van der Waals surface area contributed by atoms with E-state index in [0.29, 0.717) is 12.2 Å². The molecule has 0 aromatic heterocycles. The predicted octanol–water partition coefficient (Wildman–Crippen LogP) is 1.57. The molecule has 0 atom stereocenters. The molecule has 68 valence electrons. The second-order valence-electron chi connectivity index (χ2n) is 3.00. The third-order valence-corrected chi connectivity index (χ3v) is 2.14. The summed E-state index contributed by atoms with van der Waals surface area (Å²) in [6.45, 7) is 4.31. The molecule has 0 heterocycles. The molecule has 0 unspecified atom stereocenters. The van der Waals surface area contributed by atoms with Gasteiger partial charge in [-0.1, -0.05) is 0 Å². The van der Waals surface area contributed by atoms with Crippen LogP contribution in [-0.4, -0.2) is 0 Å². The Labute approximate surface area is 77.7 Å². The lowest BCUT2D eigenvalue weighted by Crippen LogP contribution is -2.02. The first-order valence-electron chi connectivity index (χ1n) is 4.01. The molecule has 3 heteroatoms. The van der Waals surface area contributed by atoms with E-state index in [2.05, 4.69) is 10.9 Å². The summed E-state index contributed by atoms with van der Waals surface area (Å²) in [6, 6.07) is 5.75. The summed E-state index contributed by atoms with van der Waals surface area (Å²) >= 11 is 0. The highest BCUT2D eigenvalue weighted by Crippen LogP contribution is 2.16. The lowest BCUT2D eigenvalue weighted by Gasteiger charge is -2.07. The topological polar surface area (TPSA) is 59.0 Å². The third-order valence-electron chi connectivity index (χ3n) is 2.14. The quantitative estimate of drug-likeness (QED) is 0.696. The molecule has 0 fully saturated rings. The van der Waals surface area contributed by atoms with Crippen molar-refractivity contribution in [3.63, 3.8) is 0 Å². The molecule has 0 radical (unpaired) electrons. The molecule has 0 spiro atoms. The summed E-state index contributed by atoms with van der Waals surface area (Å²) in [5.74, 6) is 4.99. The van der Waals surface area contributed by atoms with Crippen LogP contribution in [0.4, 0.5) is 0 Å². The summed E-state index contributed by atoms with van der Waals surface area (Å²) in [7, 11) is 0. The van der Waals surface area contributed by atoms with Crippen LogP contribution in [0, 0.1) is 25.2 Å². The van der Waals surface area contributed by atoms with Gasteiger partial charge in [0, 0.05) is 0 Å². The molecule has 0 aliphatic carbocycles. The smallest absolute Gasteiger partial charge is 0.0991 e. The highest BCUT2D eigenvalue weighted by atomic mass is 16.6. The van der Waals surface area contributed by atoms with Crippen molar-refractivity contribution in [3.05, 3.63) is 34.4 Å². The Morgan fingerprint density at radius 1 is 1.46 bits per heavy atom. The molecule has 13 heavy (non-hydrogen) atoms.